The summed E-state index contributed by atoms with van der Waals surface area (Å²) in [5.74, 6) is 2.22. The van der Waals surface area contributed by atoms with Gasteiger partial charge in [0.2, 0.25) is 0 Å². The predicted molar refractivity (Wildman–Crippen MR) is 116 cm³/mol. The summed E-state index contributed by atoms with van der Waals surface area (Å²) in [5, 5.41) is 4.53. The topological polar surface area (TPSA) is 81.0 Å². The molecule has 33 heavy (non-hydrogen) atoms. The van der Waals surface area contributed by atoms with Crippen molar-refractivity contribution in [1.29, 1.82) is 0 Å². The first-order chi connectivity index (χ1) is 15.6. The first kappa shape index (κ1) is 22.8. The fourth-order valence-electron chi connectivity index (χ4n) is 5.81. The number of aromatic nitrogens is 4. The summed E-state index contributed by atoms with van der Waals surface area (Å²) in [5.41, 5.74) is -0.464. The summed E-state index contributed by atoms with van der Waals surface area (Å²) in [6.07, 6.45) is 1.68. The van der Waals surface area contributed by atoms with Crippen LogP contribution in [0.25, 0.3) is 11.4 Å². The summed E-state index contributed by atoms with van der Waals surface area (Å²) < 4.78 is 63.6. The Morgan fingerprint density at radius 2 is 1.88 bits per heavy atom. The molecule has 0 atom stereocenters. The monoisotopic (exact) mass is 483 g/mol. The maximum atomic E-state index is 12.8. The van der Waals surface area contributed by atoms with E-state index >= 15 is 0 Å². The van der Waals surface area contributed by atoms with Gasteiger partial charge in [-0.15, -0.1) is 0 Å². The second-order valence-corrected chi connectivity index (χ2v) is 11.9. The lowest BCUT2D eigenvalue weighted by Crippen LogP contribution is -2.51. The largest absolute Gasteiger partial charge is 0.433 e. The highest BCUT2D eigenvalue weighted by atomic mass is 32.2. The minimum Gasteiger partial charge on any atom is -0.300 e. The minimum atomic E-state index is -4.47. The number of pyridine rings is 1. The maximum Gasteiger partial charge on any atom is 0.433 e. The number of nitrogens with zero attached hydrogens (tertiary/aromatic N) is 5. The van der Waals surface area contributed by atoms with Crippen LogP contribution < -0.4 is 0 Å². The van der Waals surface area contributed by atoms with Gasteiger partial charge in [-0.1, -0.05) is 0 Å². The highest BCUT2D eigenvalue weighted by Crippen LogP contribution is 2.44. The Morgan fingerprint density at radius 1 is 1.15 bits per heavy atom. The molecule has 1 saturated carbocycles. The molecule has 3 aliphatic rings. The molecule has 0 N–H and O–H groups in total. The molecule has 3 fully saturated rings. The fraction of sp³-hybridized carbons (Fsp3) is 0.682. The van der Waals surface area contributed by atoms with Crippen LogP contribution in [0, 0.1) is 5.41 Å². The van der Waals surface area contributed by atoms with Crippen molar-refractivity contribution >= 4 is 9.84 Å². The lowest BCUT2D eigenvalue weighted by atomic mass is 9.84. The summed E-state index contributed by atoms with van der Waals surface area (Å²) in [4.78, 5) is 10.7. The molecule has 0 aromatic carbocycles. The van der Waals surface area contributed by atoms with Gasteiger partial charge in [-0.2, -0.15) is 18.3 Å². The van der Waals surface area contributed by atoms with Gasteiger partial charge in [-0.3, -0.25) is 9.88 Å². The lowest BCUT2D eigenvalue weighted by molar-refractivity contribution is -0.141. The first-order valence-electron chi connectivity index (χ1n) is 11.5. The lowest BCUT2D eigenvalue weighted by Gasteiger charge is -2.39. The van der Waals surface area contributed by atoms with E-state index in [0.29, 0.717) is 35.5 Å². The molecule has 0 unspecified atom stereocenters. The number of hydrogen-bond acceptors (Lipinski definition) is 6. The molecule has 180 valence electrons. The van der Waals surface area contributed by atoms with Gasteiger partial charge in [-0.25, -0.2) is 18.1 Å². The zero-order valence-corrected chi connectivity index (χ0v) is 19.4. The summed E-state index contributed by atoms with van der Waals surface area (Å²) in [6.45, 7) is 4.48. The van der Waals surface area contributed by atoms with Crippen molar-refractivity contribution in [2.75, 3.05) is 24.6 Å². The van der Waals surface area contributed by atoms with Crippen molar-refractivity contribution < 1.29 is 21.6 Å². The number of rotatable bonds is 4. The van der Waals surface area contributed by atoms with Gasteiger partial charge in [0.25, 0.3) is 0 Å². The normalized spacial score (nSPS) is 27.0. The van der Waals surface area contributed by atoms with Crippen LogP contribution in [-0.4, -0.2) is 63.7 Å². The average Bonchev–Trinajstić information content (AvgIpc) is 3.37. The van der Waals surface area contributed by atoms with Crippen LogP contribution in [0.15, 0.2) is 18.3 Å². The number of likely N-dealkylation sites (tertiary alicyclic amines) is 1. The molecule has 5 rings (SSSR count). The quantitative estimate of drug-likeness (QED) is 0.662. The Bertz CT molecular complexity index is 1110. The van der Waals surface area contributed by atoms with Gasteiger partial charge in [0.15, 0.2) is 15.7 Å². The van der Waals surface area contributed by atoms with Gasteiger partial charge in [0.1, 0.15) is 11.5 Å². The van der Waals surface area contributed by atoms with E-state index in [1.165, 1.54) is 12.3 Å². The van der Waals surface area contributed by atoms with Crippen molar-refractivity contribution in [3.63, 3.8) is 0 Å². The van der Waals surface area contributed by atoms with E-state index in [2.05, 4.69) is 15.0 Å². The van der Waals surface area contributed by atoms with Crippen molar-refractivity contribution in [2.45, 2.75) is 63.7 Å². The molecule has 7 nitrogen and oxygen atoms in total. The third-order valence-corrected chi connectivity index (χ3v) is 9.51. The molecule has 1 aliphatic carbocycles. The molecular weight excluding hydrogens is 455 g/mol. The molecule has 2 aromatic rings. The Labute approximate surface area is 191 Å². The average molecular weight is 484 g/mol. The van der Waals surface area contributed by atoms with Crippen molar-refractivity contribution in [2.24, 2.45) is 5.41 Å². The highest BCUT2D eigenvalue weighted by Gasteiger charge is 2.53. The van der Waals surface area contributed by atoms with E-state index in [-0.39, 0.29) is 11.3 Å². The standard InChI is InChI=1S/C22H28F3N5O2S/c1-2-30-20(27-19(28-30)16-5-8-18(26-11-16)22(23,24)25)15-3-6-17(7-4-15)29-10-9-21(12-29)13-33(31,32)14-21/h5,8,11,15,17H,2-4,6-7,9-10,12-14H2,1H3/t15-,17-. The number of alkyl halides is 3. The minimum absolute atomic E-state index is 0.0112. The second-order valence-electron chi connectivity index (χ2n) is 9.80. The molecule has 0 bridgehead atoms. The van der Waals surface area contributed by atoms with E-state index in [9.17, 15) is 21.6 Å². The number of aryl methyl sites for hydroxylation is 1. The smallest absolute Gasteiger partial charge is 0.300 e. The van der Waals surface area contributed by atoms with Gasteiger partial charge in [-0.05, 0) is 57.7 Å². The van der Waals surface area contributed by atoms with Crippen molar-refractivity contribution in [1.82, 2.24) is 24.6 Å². The van der Waals surface area contributed by atoms with Crippen LogP contribution in [0.5, 0.6) is 0 Å². The molecule has 2 aliphatic heterocycles. The van der Waals surface area contributed by atoms with Crippen LogP contribution in [0.1, 0.15) is 56.5 Å². The maximum absolute atomic E-state index is 12.8. The van der Waals surface area contributed by atoms with Gasteiger partial charge in [0, 0.05) is 42.2 Å². The molecular formula is C22H28F3N5O2S. The molecule has 11 heteroatoms. The molecule has 2 saturated heterocycles. The van der Waals surface area contributed by atoms with Crippen LogP contribution in [-0.2, 0) is 22.6 Å². The first-order valence-corrected chi connectivity index (χ1v) is 13.3. The Hall–Kier alpha value is -2.01. The predicted octanol–water partition coefficient (Wildman–Crippen LogP) is 3.53. The Kier molecular flexibility index (Phi) is 5.55. The molecule has 4 heterocycles. The molecule has 2 aromatic heterocycles. The summed E-state index contributed by atoms with van der Waals surface area (Å²) >= 11 is 0. The van der Waals surface area contributed by atoms with Gasteiger partial charge in [0.05, 0.1) is 11.5 Å². The third-order valence-electron chi connectivity index (χ3n) is 7.41. The summed E-state index contributed by atoms with van der Waals surface area (Å²) in [6, 6.07) is 2.80. The Balaban J connectivity index is 1.24. The van der Waals surface area contributed by atoms with Crippen LogP contribution >= 0.6 is 0 Å². The van der Waals surface area contributed by atoms with E-state index < -0.39 is 21.7 Å². The van der Waals surface area contributed by atoms with Gasteiger partial charge >= 0.3 is 6.18 Å². The summed E-state index contributed by atoms with van der Waals surface area (Å²) in [7, 11) is -2.82. The zero-order valence-electron chi connectivity index (χ0n) is 18.6. The zero-order chi connectivity index (χ0) is 23.4. The van der Waals surface area contributed by atoms with Crippen molar-refractivity contribution in [3.05, 3.63) is 29.8 Å². The van der Waals surface area contributed by atoms with E-state index in [0.717, 1.165) is 57.1 Å². The molecule has 1 spiro atoms. The SMILES string of the molecule is CCn1nc(-c2ccc(C(F)(F)F)nc2)nc1[C@H]1CC[C@H](N2CCC3(C2)CS(=O)(=O)C3)CC1. The van der Waals surface area contributed by atoms with E-state index in [4.69, 9.17) is 4.98 Å². The van der Waals surface area contributed by atoms with Crippen LogP contribution in [0.4, 0.5) is 13.2 Å². The number of sulfone groups is 1. The number of halogens is 3. The van der Waals surface area contributed by atoms with E-state index in [1.807, 2.05) is 11.6 Å². The molecule has 0 amide bonds. The van der Waals surface area contributed by atoms with Crippen molar-refractivity contribution in [3.8, 4) is 11.4 Å². The van der Waals surface area contributed by atoms with Crippen LogP contribution in [0.3, 0.4) is 0 Å². The Morgan fingerprint density at radius 3 is 2.45 bits per heavy atom. The third kappa shape index (κ3) is 4.41. The van der Waals surface area contributed by atoms with Gasteiger partial charge < -0.3 is 0 Å². The molecule has 0 radical (unpaired) electrons. The van der Waals surface area contributed by atoms with Crippen LogP contribution in [0.2, 0.25) is 0 Å². The highest BCUT2D eigenvalue weighted by molar-refractivity contribution is 7.92. The number of hydrogen-bond donors (Lipinski definition) is 0. The second kappa shape index (κ2) is 8.04. The fourth-order valence-corrected chi connectivity index (χ4v) is 8.06. The van der Waals surface area contributed by atoms with E-state index in [1.54, 1.807) is 0 Å².